The van der Waals surface area contributed by atoms with Crippen molar-refractivity contribution in [1.82, 2.24) is 5.32 Å². The number of hydrogen-bond donors (Lipinski definition) is 1. The molecule has 0 radical (unpaired) electrons. The highest BCUT2D eigenvalue weighted by Gasteiger charge is 1.96. The minimum absolute atomic E-state index is 0.340. The zero-order chi connectivity index (χ0) is 11.1. The lowest BCUT2D eigenvalue weighted by molar-refractivity contribution is -0.134. The van der Waals surface area contributed by atoms with E-state index in [1.54, 1.807) is 0 Å². The zero-order valence-corrected chi connectivity index (χ0v) is 8.99. The van der Waals surface area contributed by atoms with Gasteiger partial charge in [-0.15, -0.1) is 0 Å². The summed E-state index contributed by atoms with van der Waals surface area (Å²) < 4.78 is 4.52. The van der Waals surface area contributed by atoms with Crippen LogP contribution in [0.5, 0.6) is 0 Å². The maximum Gasteiger partial charge on any atom is 0.332 e. The van der Waals surface area contributed by atoms with Gasteiger partial charge in [-0.05, 0) is 12.5 Å². The molecule has 0 spiro atoms. The van der Waals surface area contributed by atoms with Crippen LogP contribution in [0, 0.1) is 0 Å². The molecule has 0 bridgehead atoms. The van der Waals surface area contributed by atoms with Gasteiger partial charge in [-0.1, -0.05) is 30.3 Å². The van der Waals surface area contributed by atoms with Crippen LogP contribution in [0.15, 0.2) is 42.1 Å². The van der Waals surface area contributed by atoms with Crippen LogP contribution in [-0.4, -0.2) is 13.1 Å². The number of carbonyl (C=O) groups excluding carboxylic acids is 1. The van der Waals surface area contributed by atoms with Gasteiger partial charge < -0.3 is 10.1 Å². The summed E-state index contributed by atoms with van der Waals surface area (Å²) >= 11 is 0. The van der Waals surface area contributed by atoms with Crippen LogP contribution in [0.25, 0.3) is 0 Å². The normalized spacial score (nSPS) is 10.9. The fourth-order valence-electron chi connectivity index (χ4n) is 1.12. The first-order valence-electron chi connectivity index (χ1n) is 4.76. The monoisotopic (exact) mass is 205 g/mol. The van der Waals surface area contributed by atoms with Gasteiger partial charge in [0.2, 0.25) is 0 Å². The van der Waals surface area contributed by atoms with Gasteiger partial charge >= 0.3 is 5.97 Å². The van der Waals surface area contributed by atoms with Gasteiger partial charge in [-0.2, -0.15) is 0 Å². The Morgan fingerprint density at radius 2 is 2.07 bits per heavy atom. The third kappa shape index (κ3) is 4.31. The Bertz CT molecular complexity index is 344. The van der Waals surface area contributed by atoms with Crippen LogP contribution in [-0.2, 0) is 16.1 Å². The van der Waals surface area contributed by atoms with Crippen LogP contribution in [0.2, 0.25) is 0 Å². The van der Waals surface area contributed by atoms with Crippen molar-refractivity contribution in [2.24, 2.45) is 0 Å². The molecule has 0 fully saturated rings. The molecule has 0 aliphatic rings. The molecule has 0 saturated carbocycles. The molecule has 0 heterocycles. The molecule has 15 heavy (non-hydrogen) atoms. The lowest BCUT2D eigenvalue weighted by Crippen LogP contribution is -2.12. The third-order valence-corrected chi connectivity index (χ3v) is 1.95. The first-order chi connectivity index (χ1) is 7.22. The Kier molecular flexibility index (Phi) is 4.41. The van der Waals surface area contributed by atoms with Gasteiger partial charge in [0, 0.05) is 18.3 Å². The summed E-state index contributed by atoms with van der Waals surface area (Å²) in [5.74, 6) is -0.340. The molecular formula is C12H15NO2. The van der Waals surface area contributed by atoms with E-state index in [-0.39, 0.29) is 5.97 Å². The van der Waals surface area contributed by atoms with E-state index in [9.17, 15) is 4.79 Å². The topological polar surface area (TPSA) is 38.3 Å². The molecule has 0 aromatic heterocycles. The zero-order valence-electron chi connectivity index (χ0n) is 8.99. The van der Waals surface area contributed by atoms with E-state index in [0.717, 1.165) is 5.70 Å². The van der Waals surface area contributed by atoms with E-state index in [0.29, 0.717) is 6.54 Å². The second-order valence-electron chi connectivity index (χ2n) is 3.19. The molecule has 0 amide bonds. The SMILES string of the molecule is COC(=O)/C=C(\C)NCc1ccccc1. The van der Waals surface area contributed by atoms with Crippen LogP contribution in [0.4, 0.5) is 0 Å². The van der Waals surface area contributed by atoms with Crippen molar-refractivity contribution in [2.75, 3.05) is 7.11 Å². The molecule has 3 heteroatoms. The van der Waals surface area contributed by atoms with Crippen LogP contribution in [0.3, 0.4) is 0 Å². The quantitative estimate of drug-likeness (QED) is 0.602. The molecule has 80 valence electrons. The number of allylic oxidation sites excluding steroid dienone is 1. The van der Waals surface area contributed by atoms with Gasteiger partial charge in [-0.3, -0.25) is 0 Å². The fraction of sp³-hybridized carbons (Fsp3) is 0.250. The van der Waals surface area contributed by atoms with Crippen LogP contribution >= 0.6 is 0 Å². The maximum atomic E-state index is 10.9. The van der Waals surface area contributed by atoms with E-state index in [1.807, 2.05) is 37.3 Å². The number of benzene rings is 1. The summed E-state index contributed by atoms with van der Waals surface area (Å²) in [4.78, 5) is 10.9. The summed E-state index contributed by atoms with van der Waals surface area (Å²) in [5, 5.41) is 3.12. The minimum atomic E-state index is -0.340. The molecule has 1 N–H and O–H groups in total. The highest BCUT2D eigenvalue weighted by atomic mass is 16.5. The summed E-state index contributed by atoms with van der Waals surface area (Å²) in [6.45, 7) is 2.54. The van der Waals surface area contributed by atoms with Gasteiger partial charge in [0.05, 0.1) is 7.11 Å². The summed E-state index contributed by atoms with van der Waals surface area (Å²) in [5.41, 5.74) is 1.97. The average Bonchev–Trinajstić information content (AvgIpc) is 2.27. The predicted octanol–water partition coefficient (Wildman–Crippen LogP) is 1.85. The van der Waals surface area contributed by atoms with Gasteiger partial charge in [0.1, 0.15) is 0 Å². The molecule has 0 saturated heterocycles. The van der Waals surface area contributed by atoms with Crippen molar-refractivity contribution in [1.29, 1.82) is 0 Å². The van der Waals surface area contributed by atoms with Gasteiger partial charge in [0.15, 0.2) is 0 Å². The van der Waals surface area contributed by atoms with Crippen molar-refractivity contribution < 1.29 is 9.53 Å². The Morgan fingerprint density at radius 3 is 2.67 bits per heavy atom. The lowest BCUT2D eigenvalue weighted by atomic mass is 10.2. The molecule has 1 aromatic rings. The highest BCUT2D eigenvalue weighted by molar-refractivity contribution is 5.82. The number of ether oxygens (including phenoxy) is 1. The highest BCUT2D eigenvalue weighted by Crippen LogP contribution is 1.99. The number of esters is 1. The summed E-state index contributed by atoms with van der Waals surface area (Å²) in [6.07, 6.45) is 1.43. The number of rotatable bonds is 4. The molecule has 1 rings (SSSR count). The first-order valence-corrected chi connectivity index (χ1v) is 4.76. The minimum Gasteiger partial charge on any atom is -0.466 e. The maximum absolute atomic E-state index is 10.9. The largest absolute Gasteiger partial charge is 0.466 e. The van der Waals surface area contributed by atoms with E-state index >= 15 is 0 Å². The van der Waals surface area contributed by atoms with E-state index < -0.39 is 0 Å². The van der Waals surface area contributed by atoms with Crippen molar-refractivity contribution in [3.8, 4) is 0 Å². The predicted molar refractivity (Wildman–Crippen MR) is 59.1 cm³/mol. The Balaban J connectivity index is 2.44. The standard InChI is InChI=1S/C12H15NO2/c1-10(8-12(14)15-2)13-9-11-6-4-3-5-7-11/h3-8,13H,9H2,1-2H3/b10-8+. The van der Waals surface area contributed by atoms with Crippen molar-refractivity contribution in [2.45, 2.75) is 13.5 Å². The van der Waals surface area contributed by atoms with Crippen molar-refractivity contribution in [3.05, 3.63) is 47.7 Å². The number of carbonyl (C=O) groups is 1. The molecular weight excluding hydrogens is 190 g/mol. The Labute approximate surface area is 89.8 Å². The molecule has 0 atom stereocenters. The van der Waals surface area contributed by atoms with Crippen LogP contribution < -0.4 is 5.32 Å². The lowest BCUT2D eigenvalue weighted by Gasteiger charge is -2.05. The number of nitrogens with one attached hydrogen (secondary N) is 1. The Morgan fingerprint density at radius 1 is 1.40 bits per heavy atom. The Hall–Kier alpha value is -1.77. The fourth-order valence-corrected chi connectivity index (χ4v) is 1.12. The summed E-state index contributed by atoms with van der Waals surface area (Å²) in [6, 6.07) is 9.99. The smallest absolute Gasteiger partial charge is 0.332 e. The average molecular weight is 205 g/mol. The van der Waals surface area contributed by atoms with Crippen LogP contribution in [0.1, 0.15) is 12.5 Å². The van der Waals surface area contributed by atoms with Crippen molar-refractivity contribution in [3.63, 3.8) is 0 Å². The first kappa shape index (κ1) is 11.3. The number of methoxy groups -OCH3 is 1. The van der Waals surface area contributed by atoms with E-state index in [2.05, 4.69) is 10.1 Å². The van der Waals surface area contributed by atoms with Gasteiger partial charge in [-0.25, -0.2) is 4.79 Å². The molecule has 3 nitrogen and oxygen atoms in total. The third-order valence-electron chi connectivity index (χ3n) is 1.95. The molecule has 1 aromatic carbocycles. The summed E-state index contributed by atoms with van der Waals surface area (Å²) in [7, 11) is 1.36. The molecule has 0 aliphatic heterocycles. The second kappa shape index (κ2) is 5.86. The molecule has 0 unspecified atom stereocenters. The molecule has 0 aliphatic carbocycles. The van der Waals surface area contributed by atoms with Gasteiger partial charge in [0.25, 0.3) is 0 Å². The van der Waals surface area contributed by atoms with Crippen molar-refractivity contribution >= 4 is 5.97 Å². The van der Waals surface area contributed by atoms with E-state index in [1.165, 1.54) is 18.7 Å². The second-order valence-corrected chi connectivity index (χ2v) is 3.19. The van der Waals surface area contributed by atoms with E-state index in [4.69, 9.17) is 0 Å². The number of hydrogen-bond acceptors (Lipinski definition) is 3.